The van der Waals surface area contributed by atoms with Crippen molar-refractivity contribution in [2.45, 2.75) is 303 Å². The van der Waals surface area contributed by atoms with Crippen LogP contribution in [0.15, 0.2) is 170 Å². The summed E-state index contributed by atoms with van der Waals surface area (Å²) in [6.07, 6.45) is 89.4. The zero-order chi connectivity index (χ0) is 76.0. The van der Waals surface area contributed by atoms with Crippen molar-refractivity contribution in [1.29, 1.82) is 0 Å². The van der Waals surface area contributed by atoms with Gasteiger partial charge in [-0.2, -0.15) is 0 Å². The van der Waals surface area contributed by atoms with E-state index >= 15 is 0 Å². The minimum atomic E-state index is -5.01. The second kappa shape index (κ2) is 75.6. The van der Waals surface area contributed by atoms with Crippen LogP contribution in [-0.2, 0) is 65.4 Å². The molecule has 19 heteroatoms. The minimum Gasteiger partial charge on any atom is -0.462 e. The molecular weight excluding hydrogens is 1350 g/mol. The van der Waals surface area contributed by atoms with Crippen molar-refractivity contribution in [1.82, 2.24) is 0 Å². The zero-order valence-corrected chi connectivity index (χ0v) is 66.2. The summed E-state index contributed by atoms with van der Waals surface area (Å²) in [6, 6.07) is 0. The van der Waals surface area contributed by atoms with Crippen molar-refractivity contribution in [2.75, 3.05) is 39.6 Å². The topological polar surface area (TPSA) is 237 Å². The van der Waals surface area contributed by atoms with Gasteiger partial charge in [0.05, 0.1) is 32.8 Å². The lowest BCUT2D eigenvalue weighted by Crippen LogP contribution is -2.30. The molecule has 5 unspecified atom stereocenters. The van der Waals surface area contributed by atoms with Gasteiger partial charge in [0.2, 0.25) is 0 Å². The predicted octanol–water partition coefficient (Wildman–Crippen LogP) is 23.0. The highest BCUT2D eigenvalue weighted by atomic mass is 31.2. The second-order valence-electron chi connectivity index (χ2n) is 25.5. The summed E-state index contributed by atoms with van der Waals surface area (Å²) >= 11 is 0. The minimum absolute atomic E-state index is 0.0670. The number of hydrogen-bond acceptors (Lipinski definition) is 15. The molecule has 0 amide bonds. The highest BCUT2D eigenvalue weighted by Gasteiger charge is 2.30. The highest BCUT2D eigenvalue weighted by Crippen LogP contribution is 2.45. The Morgan fingerprint density at radius 3 is 0.856 bits per heavy atom. The van der Waals surface area contributed by atoms with Gasteiger partial charge in [0.25, 0.3) is 0 Å². The van der Waals surface area contributed by atoms with Crippen LogP contribution in [-0.4, -0.2) is 96.7 Å². The van der Waals surface area contributed by atoms with Crippen LogP contribution >= 0.6 is 15.6 Å². The number of aliphatic hydroxyl groups is 1. The van der Waals surface area contributed by atoms with Crippen LogP contribution in [0, 0.1) is 0 Å². The summed E-state index contributed by atoms with van der Waals surface area (Å²) < 4.78 is 68.4. The molecule has 0 fully saturated rings. The molecule has 0 heterocycles. The molecule has 0 aromatic carbocycles. The summed E-state index contributed by atoms with van der Waals surface area (Å²) in [4.78, 5) is 72.9. The summed E-state index contributed by atoms with van der Waals surface area (Å²) in [5, 5.41) is 10.6. The van der Waals surface area contributed by atoms with Gasteiger partial charge < -0.3 is 33.8 Å². The number of hydrogen-bond donors (Lipinski definition) is 3. The van der Waals surface area contributed by atoms with Crippen molar-refractivity contribution >= 4 is 39.5 Å². The number of unbranched alkanes of at least 4 members (excludes halogenated alkanes) is 19. The van der Waals surface area contributed by atoms with Crippen LogP contribution in [0.2, 0.25) is 0 Å². The lowest BCUT2D eigenvalue weighted by Gasteiger charge is -2.21. The molecule has 0 radical (unpaired) electrons. The zero-order valence-electron chi connectivity index (χ0n) is 64.4. The predicted molar refractivity (Wildman–Crippen MR) is 426 cm³/mol. The fourth-order valence-electron chi connectivity index (χ4n) is 9.80. The SMILES string of the molecule is CC/C=C\C/C=C\C/C=C\C/C=C\C/C=C\CC(=O)OC(COC(=O)CCCCCCCC/C=C\C/C=C\C/C=C\C/C=C\CC)COP(=O)(O)OCC(O)COP(=O)(O)OCC(COC(=O)CCCCCCC/C=C\C/C=C\C/C=C\CC)OC(=O)CCCCCCC/C=C\C/C=C\CCCCC. The second-order valence-corrected chi connectivity index (χ2v) is 28.4. The Kier molecular flexibility index (Phi) is 71.6. The monoisotopic (exact) mass is 1490 g/mol. The van der Waals surface area contributed by atoms with Gasteiger partial charge in [-0.1, -0.05) is 275 Å². The highest BCUT2D eigenvalue weighted by molar-refractivity contribution is 7.47. The van der Waals surface area contributed by atoms with Crippen molar-refractivity contribution in [2.24, 2.45) is 0 Å². The Morgan fingerprint density at radius 1 is 0.288 bits per heavy atom. The quantitative estimate of drug-likeness (QED) is 0.0169. The first-order valence-electron chi connectivity index (χ1n) is 39.4. The Morgan fingerprint density at radius 2 is 0.538 bits per heavy atom. The average Bonchev–Trinajstić information content (AvgIpc) is 0.999. The molecule has 0 aromatic heterocycles. The maximum atomic E-state index is 13.1. The number of esters is 4. The van der Waals surface area contributed by atoms with Crippen LogP contribution in [0.1, 0.15) is 285 Å². The molecule has 0 rings (SSSR count). The number of carbonyl (C=O) groups excluding carboxylic acids is 4. The molecule has 0 saturated carbocycles. The van der Waals surface area contributed by atoms with Crippen LogP contribution in [0.5, 0.6) is 0 Å². The standard InChI is InChI=1S/C85H138O17P2/c1-5-9-13-17-21-25-29-33-37-38-39-40-44-46-50-54-58-62-66-70-83(88)96-76-81(102-85(90)72-68-64-60-56-52-48-43-36-32-28-24-20-16-12-8-4)78-100-104(93,94)98-74-79(86)73-97-103(91,92)99-77-80(101-84(89)71-67-63-59-55-51-47-42-35-31-27-23-19-15-11-7-3)75-95-82(87)69-65-61-57-53-49-45-41-34-30-26-22-18-14-10-6-2/h9-10,12-14,16,21-28,33-37,39-43,52,56,64,68,79-81,86H,5-8,11,15,17-20,29-32,38,44-51,53-55,57-63,65-67,69-78H2,1-4H3,(H,91,92)(H,93,94)/b13-9-,14-10-,16-12-,25-21-,26-22-,27-23-,28-24-,37-33-,40-39-,41-34-,42-35-,43-36-,56-52-,68-64-. The Hall–Kier alpha value is -5.58. The summed E-state index contributed by atoms with van der Waals surface area (Å²) in [5.74, 6) is -2.39. The first-order chi connectivity index (χ1) is 50.7. The first-order valence-corrected chi connectivity index (χ1v) is 42.4. The summed E-state index contributed by atoms with van der Waals surface area (Å²) in [5.41, 5.74) is 0. The number of ether oxygens (including phenoxy) is 4. The molecule has 5 atom stereocenters. The number of allylic oxidation sites excluding steroid dienone is 27. The van der Waals surface area contributed by atoms with E-state index in [1.54, 1.807) is 12.2 Å². The third-order valence-electron chi connectivity index (χ3n) is 15.7. The van der Waals surface area contributed by atoms with Gasteiger partial charge in [0.15, 0.2) is 12.2 Å². The van der Waals surface area contributed by atoms with E-state index in [0.29, 0.717) is 25.7 Å². The number of phosphoric acid groups is 2. The van der Waals surface area contributed by atoms with E-state index in [-0.39, 0.29) is 25.7 Å². The molecule has 17 nitrogen and oxygen atoms in total. The first kappa shape index (κ1) is 98.4. The van der Waals surface area contributed by atoms with Gasteiger partial charge >= 0.3 is 39.5 Å². The molecule has 0 aliphatic rings. The van der Waals surface area contributed by atoms with E-state index in [1.807, 2.05) is 12.2 Å². The van der Waals surface area contributed by atoms with Crippen molar-refractivity contribution in [3.63, 3.8) is 0 Å². The maximum absolute atomic E-state index is 13.1. The van der Waals surface area contributed by atoms with Gasteiger partial charge in [0.1, 0.15) is 19.3 Å². The van der Waals surface area contributed by atoms with Crippen LogP contribution < -0.4 is 0 Å². The number of carbonyl (C=O) groups is 4. The molecule has 0 aliphatic carbocycles. The van der Waals surface area contributed by atoms with Gasteiger partial charge in [0, 0.05) is 19.3 Å². The van der Waals surface area contributed by atoms with Crippen molar-refractivity contribution < 1.29 is 80.2 Å². The molecule has 0 spiro atoms. The fraction of sp³-hybridized carbons (Fsp3) is 0.624. The van der Waals surface area contributed by atoms with Crippen LogP contribution in [0.4, 0.5) is 0 Å². The lowest BCUT2D eigenvalue weighted by molar-refractivity contribution is -0.161. The Bertz CT molecular complexity index is 2640. The summed E-state index contributed by atoms with van der Waals surface area (Å²) in [7, 11) is -10.0. The largest absolute Gasteiger partial charge is 0.472 e. The molecule has 0 aliphatic heterocycles. The van der Waals surface area contributed by atoms with E-state index in [1.165, 1.54) is 19.3 Å². The number of aliphatic hydroxyl groups excluding tert-OH is 1. The maximum Gasteiger partial charge on any atom is 0.472 e. The van der Waals surface area contributed by atoms with Gasteiger partial charge in [-0.05, 0) is 154 Å². The van der Waals surface area contributed by atoms with E-state index in [0.717, 1.165) is 186 Å². The van der Waals surface area contributed by atoms with Crippen LogP contribution in [0.3, 0.4) is 0 Å². The molecule has 590 valence electrons. The van der Waals surface area contributed by atoms with E-state index in [9.17, 15) is 43.2 Å². The molecule has 0 aromatic rings. The number of rotatable bonds is 72. The fourth-order valence-corrected chi connectivity index (χ4v) is 11.4. The van der Waals surface area contributed by atoms with E-state index in [2.05, 4.69) is 174 Å². The third-order valence-corrected chi connectivity index (χ3v) is 17.6. The molecular formula is C85H138O17P2. The van der Waals surface area contributed by atoms with E-state index < -0.39 is 97.5 Å². The molecule has 0 bridgehead atoms. The molecule has 0 saturated heterocycles. The normalized spacial score (nSPS) is 14.8. The van der Waals surface area contributed by atoms with Gasteiger partial charge in [-0.15, -0.1) is 0 Å². The average molecular weight is 1490 g/mol. The smallest absolute Gasteiger partial charge is 0.462 e. The van der Waals surface area contributed by atoms with Gasteiger partial charge in [-0.25, -0.2) is 9.13 Å². The van der Waals surface area contributed by atoms with Gasteiger partial charge in [-0.3, -0.25) is 37.3 Å². The Balaban J connectivity index is 5.47. The van der Waals surface area contributed by atoms with Crippen molar-refractivity contribution in [3.8, 4) is 0 Å². The lowest BCUT2D eigenvalue weighted by atomic mass is 10.1. The number of phosphoric ester groups is 2. The third kappa shape index (κ3) is 74.7. The van der Waals surface area contributed by atoms with Crippen LogP contribution in [0.25, 0.3) is 0 Å². The van der Waals surface area contributed by atoms with E-state index in [4.69, 9.17) is 37.0 Å². The van der Waals surface area contributed by atoms with Crippen molar-refractivity contribution in [3.05, 3.63) is 170 Å². The molecule has 3 N–H and O–H groups in total. The summed E-state index contributed by atoms with van der Waals surface area (Å²) in [6.45, 7) is 4.33. The molecule has 104 heavy (non-hydrogen) atoms. The Labute approximate surface area is 629 Å².